The second kappa shape index (κ2) is 10.1. The number of fused-ring (bicyclic) bond motifs is 1. The molecule has 1 aromatic carbocycles. The van der Waals surface area contributed by atoms with E-state index in [1.54, 1.807) is 0 Å². The number of hydrogen-bond donors (Lipinski definition) is 1. The lowest BCUT2D eigenvalue weighted by molar-refractivity contribution is 0.184. The van der Waals surface area contributed by atoms with E-state index in [1.807, 2.05) is 0 Å². The lowest BCUT2D eigenvalue weighted by Gasteiger charge is -2.32. The highest BCUT2D eigenvalue weighted by atomic mass is 16.5. The van der Waals surface area contributed by atoms with Gasteiger partial charge < -0.3 is 15.0 Å². The molecule has 28 heavy (non-hydrogen) atoms. The zero-order chi connectivity index (χ0) is 19.2. The molecule has 4 nitrogen and oxygen atoms in total. The van der Waals surface area contributed by atoms with Gasteiger partial charge >= 0.3 is 0 Å². The van der Waals surface area contributed by atoms with Crippen molar-refractivity contribution >= 4 is 0 Å². The number of rotatable bonds is 7. The highest BCUT2D eigenvalue weighted by Crippen LogP contribution is 2.24. The van der Waals surface area contributed by atoms with Crippen LogP contribution in [-0.4, -0.2) is 67.8 Å². The van der Waals surface area contributed by atoms with E-state index in [0.717, 1.165) is 25.2 Å². The van der Waals surface area contributed by atoms with Crippen molar-refractivity contribution in [2.75, 3.05) is 45.9 Å². The fourth-order valence-electron chi connectivity index (χ4n) is 5.25. The van der Waals surface area contributed by atoms with Crippen molar-refractivity contribution in [2.24, 2.45) is 0 Å². The predicted molar refractivity (Wildman–Crippen MR) is 116 cm³/mol. The Kier molecular flexibility index (Phi) is 7.27. The molecule has 2 atom stereocenters. The van der Waals surface area contributed by atoms with Crippen LogP contribution >= 0.6 is 0 Å². The van der Waals surface area contributed by atoms with Crippen LogP contribution in [0.3, 0.4) is 0 Å². The molecule has 3 heterocycles. The Morgan fingerprint density at radius 2 is 1.86 bits per heavy atom. The van der Waals surface area contributed by atoms with E-state index in [-0.39, 0.29) is 0 Å². The maximum atomic E-state index is 6.11. The van der Waals surface area contributed by atoms with Crippen molar-refractivity contribution in [3.63, 3.8) is 0 Å². The van der Waals surface area contributed by atoms with Gasteiger partial charge in [-0.1, -0.05) is 12.5 Å². The first-order chi connectivity index (χ1) is 13.8. The lowest BCUT2D eigenvalue weighted by Crippen LogP contribution is -2.46. The summed E-state index contributed by atoms with van der Waals surface area (Å²) >= 11 is 0. The van der Waals surface area contributed by atoms with Gasteiger partial charge in [0.05, 0.1) is 6.61 Å². The lowest BCUT2D eigenvalue weighted by atomic mass is 10.0. The van der Waals surface area contributed by atoms with Gasteiger partial charge in [-0.15, -0.1) is 0 Å². The van der Waals surface area contributed by atoms with Crippen molar-refractivity contribution < 1.29 is 4.74 Å². The van der Waals surface area contributed by atoms with E-state index in [1.165, 1.54) is 88.9 Å². The van der Waals surface area contributed by atoms with Crippen LogP contribution in [0.2, 0.25) is 0 Å². The molecule has 4 rings (SSSR count). The number of hydrogen-bond acceptors (Lipinski definition) is 4. The fourth-order valence-corrected chi connectivity index (χ4v) is 5.25. The Bertz CT molecular complexity index is 608. The number of likely N-dealkylation sites (tertiary alicyclic amines) is 1. The minimum absolute atomic E-state index is 0.641. The maximum Gasteiger partial charge on any atom is 0.119 e. The van der Waals surface area contributed by atoms with E-state index in [4.69, 9.17) is 4.74 Å². The number of nitrogens with zero attached hydrogens (tertiary/aromatic N) is 2. The second-order valence-electron chi connectivity index (χ2n) is 9.01. The minimum Gasteiger partial charge on any atom is -0.494 e. The van der Waals surface area contributed by atoms with Gasteiger partial charge in [0.2, 0.25) is 0 Å². The quantitative estimate of drug-likeness (QED) is 0.727. The third-order valence-corrected chi connectivity index (χ3v) is 7.11. The standard InChI is InChI=1S/C24H39N3O/c1-20(24-7-5-12-25-24)27-16-10-21-8-9-23(19-22(21)11-17-27)28-18-6-15-26-13-3-2-4-14-26/h8-9,19-20,24-25H,2-7,10-18H2,1H3. The Hall–Kier alpha value is -1.10. The van der Waals surface area contributed by atoms with Crippen LogP contribution in [0.5, 0.6) is 5.75 Å². The van der Waals surface area contributed by atoms with E-state index < -0.39 is 0 Å². The van der Waals surface area contributed by atoms with Crippen LogP contribution in [0.4, 0.5) is 0 Å². The molecular weight excluding hydrogens is 346 g/mol. The highest BCUT2D eigenvalue weighted by Gasteiger charge is 2.27. The Morgan fingerprint density at radius 1 is 1.04 bits per heavy atom. The molecule has 4 heteroatoms. The molecule has 2 unspecified atom stereocenters. The summed E-state index contributed by atoms with van der Waals surface area (Å²) in [6.45, 7) is 10.6. The molecule has 1 aromatic rings. The maximum absolute atomic E-state index is 6.11. The summed E-state index contributed by atoms with van der Waals surface area (Å²) in [7, 11) is 0. The monoisotopic (exact) mass is 385 g/mol. The third kappa shape index (κ3) is 5.28. The molecule has 0 aromatic heterocycles. The van der Waals surface area contributed by atoms with E-state index in [0.29, 0.717) is 12.1 Å². The largest absolute Gasteiger partial charge is 0.494 e. The molecule has 0 bridgehead atoms. The molecule has 0 spiro atoms. The van der Waals surface area contributed by atoms with Gasteiger partial charge in [-0.25, -0.2) is 0 Å². The normalized spacial score (nSPS) is 25.2. The zero-order valence-corrected chi connectivity index (χ0v) is 17.8. The van der Waals surface area contributed by atoms with Crippen LogP contribution in [0.1, 0.15) is 56.6 Å². The first-order valence-corrected chi connectivity index (χ1v) is 11.7. The van der Waals surface area contributed by atoms with Crippen LogP contribution < -0.4 is 10.1 Å². The summed E-state index contributed by atoms with van der Waals surface area (Å²) in [6, 6.07) is 8.15. The number of piperidine rings is 1. The summed E-state index contributed by atoms with van der Waals surface area (Å²) in [5.41, 5.74) is 3.03. The molecule has 0 aliphatic carbocycles. The Balaban J connectivity index is 1.25. The number of ether oxygens (including phenoxy) is 1. The molecule has 2 saturated heterocycles. The summed E-state index contributed by atoms with van der Waals surface area (Å²) in [4.78, 5) is 5.29. The SMILES string of the molecule is CC(C1CCCN1)N1CCc2ccc(OCCCN3CCCCC3)cc2CC1. The average molecular weight is 386 g/mol. The van der Waals surface area contributed by atoms with Gasteiger partial charge in [-0.05, 0) is 94.8 Å². The van der Waals surface area contributed by atoms with E-state index >= 15 is 0 Å². The highest BCUT2D eigenvalue weighted by molar-refractivity contribution is 5.37. The van der Waals surface area contributed by atoms with Crippen molar-refractivity contribution in [1.82, 2.24) is 15.1 Å². The summed E-state index contributed by atoms with van der Waals surface area (Å²) in [6.07, 6.45) is 10.3. The second-order valence-corrected chi connectivity index (χ2v) is 9.01. The number of benzene rings is 1. The summed E-state index contributed by atoms with van der Waals surface area (Å²) in [5, 5.41) is 3.69. The summed E-state index contributed by atoms with van der Waals surface area (Å²) < 4.78 is 6.11. The Labute approximate surface area is 171 Å². The molecule has 0 radical (unpaired) electrons. The Morgan fingerprint density at radius 3 is 2.64 bits per heavy atom. The van der Waals surface area contributed by atoms with Crippen molar-refractivity contribution in [1.29, 1.82) is 0 Å². The molecule has 3 aliphatic heterocycles. The molecule has 0 saturated carbocycles. The molecule has 0 amide bonds. The smallest absolute Gasteiger partial charge is 0.119 e. The van der Waals surface area contributed by atoms with Crippen LogP contribution in [0, 0.1) is 0 Å². The van der Waals surface area contributed by atoms with Crippen molar-refractivity contribution in [2.45, 2.75) is 70.4 Å². The van der Waals surface area contributed by atoms with E-state index in [9.17, 15) is 0 Å². The minimum atomic E-state index is 0.641. The van der Waals surface area contributed by atoms with Crippen LogP contribution in [0.15, 0.2) is 18.2 Å². The predicted octanol–water partition coefficient (Wildman–Crippen LogP) is 3.48. The average Bonchev–Trinajstić information content (AvgIpc) is 3.19. The fraction of sp³-hybridized carbons (Fsp3) is 0.750. The molecule has 3 aliphatic rings. The van der Waals surface area contributed by atoms with E-state index in [2.05, 4.69) is 40.2 Å². The van der Waals surface area contributed by atoms with Crippen LogP contribution in [0.25, 0.3) is 0 Å². The van der Waals surface area contributed by atoms with Gasteiger partial charge in [0.25, 0.3) is 0 Å². The molecule has 2 fully saturated rings. The first-order valence-electron chi connectivity index (χ1n) is 11.7. The molecule has 1 N–H and O–H groups in total. The first kappa shape index (κ1) is 20.2. The molecule has 156 valence electrons. The van der Waals surface area contributed by atoms with Gasteiger partial charge in [0.15, 0.2) is 0 Å². The van der Waals surface area contributed by atoms with Gasteiger partial charge in [-0.2, -0.15) is 0 Å². The van der Waals surface area contributed by atoms with Gasteiger partial charge in [0.1, 0.15) is 5.75 Å². The molecular formula is C24H39N3O. The van der Waals surface area contributed by atoms with Crippen LogP contribution in [-0.2, 0) is 12.8 Å². The van der Waals surface area contributed by atoms with Crippen molar-refractivity contribution in [3.8, 4) is 5.75 Å². The third-order valence-electron chi connectivity index (χ3n) is 7.11. The topological polar surface area (TPSA) is 27.7 Å². The van der Waals surface area contributed by atoms with Gasteiger partial charge in [0, 0.05) is 31.7 Å². The zero-order valence-electron chi connectivity index (χ0n) is 17.8. The van der Waals surface area contributed by atoms with Crippen molar-refractivity contribution in [3.05, 3.63) is 29.3 Å². The van der Waals surface area contributed by atoms with Gasteiger partial charge in [-0.3, -0.25) is 4.90 Å². The number of nitrogens with one attached hydrogen (secondary N) is 1. The summed E-state index contributed by atoms with van der Waals surface area (Å²) in [5.74, 6) is 1.07.